The smallest absolute Gasteiger partial charge is 0.254 e. The number of hydrogen-bond donors (Lipinski definition) is 1. The first kappa shape index (κ1) is 15.0. The molecule has 1 aliphatic rings. The molecule has 0 aliphatic carbocycles. The average molecular weight is 343 g/mol. The van der Waals surface area contributed by atoms with Gasteiger partial charge >= 0.3 is 0 Å². The number of rotatable bonds is 2. The van der Waals surface area contributed by atoms with Crippen LogP contribution < -0.4 is 5.73 Å². The summed E-state index contributed by atoms with van der Waals surface area (Å²) in [5.74, 6) is -1.34. The van der Waals surface area contributed by atoms with Crippen LogP contribution in [0.4, 0.5) is 4.39 Å². The van der Waals surface area contributed by atoms with E-state index in [4.69, 9.17) is 5.73 Å². The van der Waals surface area contributed by atoms with E-state index in [-0.39, 0.29) is 11.5 Å². The SMILES string of the molecule is Cc1c(Br)cc(F)cc1C(=O)N1CCCCC1C(N)=O. The molecule has 1 aliphatic heterocycles. The Morgan fingerprint density at radius 2 is 2.10 bits per heavy atom. The molecular formula is C14H16BrFN2O2. The summed E-state index contributed by atoms with van der Waals surface area (Å²) in [6.45, 7) is 2.21. The molecule has 1 unspecified atom stereocenters. The molecule has 0 spiro atoms. The highest BCUT2D eigenvalue weighted by Crippen LogP contribution is 2.25. The Kier molecular flexibility index (Phi) is 4.42. The van der Waals surface area contributed by atoms with E-state index in [1.54, 1.807) is 6.92 Å². The van der Waals surface area contributed by atoms with Gasteiger partial charge in [-0.15, -0.1) is 0 Å². The lowest BCUT2D eigenvalue weighted by molar-refractivity contribution is -0.123. The van der Waals surface area contributed by atoms with E-state index in [0.717, 1.165) is 12.8 Å². The quantitative estimate of drug-likeness (QED) is 0.896. The average Bonchev–Trinajstić information content (AvgIpc) is 2.42. The van der Waals surface area contributed by atoms with E-state index in [1.165, 1.54) is 17.0 Å². The maximum absolute atomic E-state index is 13.5. The highest BCUT2D eigenvalue weighted by Gasteiger charge is 2.32. The molecule has 0 saturated carbocycles. The van der Waals surface area contributed by atoms with Crippen molar-refractivity contribution in [3.8, 4) is 0 Å². The molecule has 1 fully saturated rings. The molecule has 1 saturated heterocycles. The lowest BCUT2D eigenvalue weighted by Gasteiger charge is -2.34. The first-order valence-electron chi connectivity index (χ1n) is 6.47. The fourth-order valence-corrected chi connectivity index (χ4v) is 2.93. The van der Waals surface area contributed by atoms with Crippen LogP contribution in [0.5, 0.6) is 0 Å². The van der Waals surface area contributed by atoms with Crippen molar-refractivity contribution in [2.45, 2.75) is 32.2 Å². The Morgan fingerprint density at radius 1 is 1.40 bits per heavy atom. The standard InChI is InChI=1S/C14H16BrFN2O2/c1-8-10(6-9(16)7-11(8)15)14(20)18-5-3-2-4-12(18)13(17)19/h6-7,12H,2-5H2,1H3,(H2,17,19). The number of nitrogens with zero attached hydrogens (tertiary/aromatic N) is 1. The summed E-state index contributed by atoms with van der Waals surface area (Å²) in [5.41, 5.74) is 6.28. The van der Waals surface area contributed by atoms with Crippen molar-refractivity contribution in [1.29, 1.82) is 0 Å². The second-order valence-corrected chi connectivity index (χ2v) is 5.83. The van der Waals surface area contributed by atoms with Crippen LogP contribution in [0.2, 0.25) is 0 Å². The molecule has 2 rings (SSSR count). The number of benzene rings is 1. The number of nitrogens with two attached hydrogens (primary N) is 1. The minimum absolute atomic E-state index is 0.269. The Labute approximate surface area is 125 Å². The van der Waals surface area contributed by atoms with Gasteiger partial charge in [-0.3, -0.25) is 9.59 Å². The molecule has 20 heavy (non-hydrogen) atoms. The van der Waals surface area contributed by atoms with Crippen LogP contribution in [0, 0.1) is 12.7 Å². The molecule has 1 aromatic carbocycles. The lowest BCUT2D eigenvalue weighted by Crippen LogP contribution is -2.50. The minimum atomic E-state index is -0.599. The molecule has 2 N–H and O–H groups in total. The molecule has 4 nitrogen and oxygen atoms in total. The van der Waals surface area contributed by atoms with Crippen LogP contribution >= 0.6 is 15.9 Å². The van der Waals surface area contributed by atoms with Crippen molar-refractivity contribution in [3.63, 3.8) is 0 Å². The summed E-state index contributed by atoms with van der Waals surface area (Å²) in [5, 5.41) is 0. The number of amides is 2. The second-order valence-electron chi connectivity index (χ2n) is 4.97. The molecule has 1 aromatic rings. The van der Waals surface area contributed by atoms with Crippen molar-refractivity contribution in [2.24, 2.45) is 5.73 Å². The van der Waals surface area contributed by atoms with Crippen molar-refractivity contribution < 1.29 is 14.0 Å². The number of piperidine rings is 1. The van der Waals surface area contributed by atoms with Crippen molar-refractivity contribution in [1.82, 2.24) is 4.90 Å². The number of carbonyl (C=O) groups excluding carboxylic acids is 2. The predicted octanol–water partition coefficient (Wildman–Crippen LogP) is 2.38. The van der Waals surface area contributed by atoms with Crippen LogP contribution in [0.25, 0.3) is 0 Å². The summed E-state index contributed by atoms with van der Waals surface area (Å²) < 4.78 is 14.0. The third-order valence-electron chi connectivity index (χ3n) is 3.63. The van der Waals surface area contributed by atoms with Gasteiger partial charge in [0.2, 0.25) is 5.91 Å². The Balaban J connectivity index is 2.37. The van der Waals surface area contributed by atoms with Gasteiger partial charge in [-0.05, 0) is 43.9 Å². The zero-order valence-corrected chi connectivity index (χ0v) is 12.7. The number of primary amides is 1. The Morgan fingerprint density at radius 3 is 2.75 bits per heavy atom. The van der Waals surface area contributed by atoms with Gasteiger partial charge in [0.15, 0.2) is 0 Å². The highest BCUT2D eigenvalue weighted by molar-refractivity contribution is 9.10. The molecule has 1 atom stereocenters. The highest BCUT2D eigenvalue weighted by atomic mass is 79.9. The summed E-state index contributed by atoms with van der Waals surface area (Å²) in [6.07, 6.45) is 2.25. The molecule has 0 bridgehead atoms. The first-order chi connectivity index (χ1) is 9.41. The van der Waals surface area contributed by atoms with Gasteiger partial charge in [0.05, 0.1) is 0 Å². The summed E-state index contributed by atoms with van der Waals surface area (Å²) in [4.78, 5) is 25.5. The minimum Gasteiger partial charge on any atom is -0.368 e. The number of likely N-dealkylation sites (tertiary alicyclic amines) is 1. The van der Waals surface area contributed by atoms with Crippen molar-refractivity contribution in [3.05, 3.63) is 33.5 Å². The molecule has 0 radical (unpaired) electrons. The topological polar surface area (TPSA) is 63.4 Å². The van der Waals surface area contributed by atoms with Gasteiger partial charge in [-0.1, -0.05) is 15.9 Å². The molecule has 0 aromatic heterocycles. The Bertz CT molecular complexity index is 562. The fourth-order valence-electron chi connectivity index (χ4n) is 2.49. The zero-order chi connectivity index (χ0) is 14.9. The van der Waals surface area contributed by atoms with Gasteiger partial charge in [-0.2, -0.15) is 0 Å². The fraction of sp³-hybridized carbons (Fsp3) is 0.429. The number of carbonyl (C=O) groups is 2. The summed E-state index contributed by atoms with van der Waals surface area (Å²) in [6, 6.07) is 1.92. The van der Waals surface area contributed by atoms with E-state index in [2.05, 4.69) is 15.9 Å². The third-order valence-corrected chi connectivity index (χ3v) is 4.46. The summed E-state index contributed by atoms with van der Waals surface area (Å²) in [7, 11) is 0. The zero-order valence-electron chi connectivity index (χ0n) is 11.2. The maximum Gasteiger partial charge on any atom is 0.254 e. The maximum atomic E-state index is 13.5. The largest absolute Gasteiger partial charge is 0.368 e. The third kappa shape index (κ3) is 2.85. The van der Waals surface area contributed by atoms with Crippen molar-refractivity contribution in [2.75, 3.05) is 6.54 Å². The van der Waals surface area contributed by atoms with Gasteiger partial charge in [0.25, 0.3) is 5.91 Å². The number of hydrogen-bond acceptors (Lipinski definition) is 2. The second kappa shape index (κ2) is 5.91. The molecular weight excluding hydrogens is 327 g/mol. The summed E-state index contributed by atoms with van der Waals surface area (Å²) >= 11 is 3.23. The van der Waals surface area contributed by atoms with Crippen molar-refractivity contribution >= 4 is 27.7 Å². The van der Waals surface area contributed by atoms with Crippen LogP contribution in [0.1, 0.15) is 35.2 Å². The molecule has 108 valence electrons. The van der Waals surface area contributed by atoms with Gasteiger partial charge in [0, 0.05) is 16.6 Å². The van der Waals surface area contributed by atoms with Crippen LogP contribution in [0.15, 0.2) is 16.6 Å². The van der Waals surface area contributed by atoms with Gasteiger partial charge < -0.3 is 10.6 Å². The number of halogens is 2. The first-order valence-corrected chi connectivity index (χ1v) is 7.27. The molecule has 2 amide bonds. The van der Waals surface area contributed by atoms with E-state index >= 15 is 0 Å². The van der Waals surface area contributed by atoms with E-state index in [1.807, 2.05) is 0 Å². The van der Waals surface area contributed by atoms with Gasteiger partial charge in [0.1, 0.15) is 11.9 Å². The van der Waals surface area contributed by atoms with Crippen LogP contribution in [0.3, 0.4) is 0 Å². The van der Waals surface area contributed by atoms with E-state index in [0.29, 0.717) is 23.0 Å². The van der Waals surface area contributed by atoms with Gasteiger partial charge in [-0.25, -0.2) is 4.39 Å². The van der Waals surface area contributed by atoms with Crippen LogP contribution in [-0.2, 0) is 4.79 Å². The predicted molar refractivity (Wildman–Crippen MR) is 76.7 cm³/mol. The van der Waals surface area contributed by atoms with E-state index < -0.39 is 17.8 Å². The molecule has 1 heterocycles. The lowest BCUT2D eigenvalue weighted by atomic mass is 9.99. The monoisotopic (exact) mass is 342 g/mol. The molecule has 6 heteroatoms. The Hall–Kier alpha value is -1.43. The van der Waals surface area contributed by atoms with E-state index in [9.17, 15) is 14.0 Å². The van der Waals surface area contributed by atoms with Crippen LogP contribution in [-0.4, -0.2) is 29.3 Å². The normalized spacial score (nSPS) is 18.9.